The van der Waals surface area contributed by atoms with E-state index in [0.717, 1.165) is 54.7 Å². The molecule has 2 saturated heterocycles. The molecule has 0 saturated carbocycles. The van der Waals surface area contributed by atoms with Crippen LogP contribution in [-0.2, 0) is 25.2 Å². The van der Waals surface area contributed by atoms with Gasteiger partial charge in [-0.1, -0.05) is 35.9 Å². The summed E-state index contributed by atoms with van der Waals surface area (Å²) in [5, 5.41) is 6.27. The van der Waals surface area contributed by atoms with Crippen molar-refractivity contribution >= 4 is 50.6 Å². The monoisotopic (exact) mass is 673 g/mol. The number of carbonyl (C=O) groups is 2. The number of hydroxylamine groups is 2. The third-order valence-corrected chi connectivity index (χ3v) is 12.0. The van der Waals surface area contributed by atoms with Crippen molar-refractivity contribution in [2.24, 2.45) is 0 Å². The number of hydrogen-bond donors (Lipinski definition) is 1. The molecule has 4 heterocycles. The molecule has 240 valence electrons. The fourth-order valence-electron chi connectivity index (χ4n) is 6.42. The van der Waals surface area contributed by atoms with Crippen LogP contribution in [0.2, 0.25) is 5.02 Å². The van der Waals surface area contributed by atoms with E-state index in [9.17, 15) is 18.0 Å². The number of nitrogens with one attached hydrogen (secondary N) is 1. The van der Waals surface area contributed by atoms with Crippen LogP contribution in [0.15, 0.2) is 64.2 Å². The van der Waals surface area contributed by atoms with Gasteiger partial charge in [-0.3, -0.25) is 15.0 Å². The predicted molar refractivity (Wildman–Crippen MR) is 172 cm³/mol. The number of hydrogen-bond acceptors (Lipinski definition) is 10. The van der Waals surface area contributed by atoms with Crippen LogP contribution in [0.1, 0.15) is 30.9 Å². The summed E-state index contributed by atoms with van der Waals surface area (Å²) in [6.45, 7) is 6.67. The molecule has 6 rings (SSSR count). The number of ether oxygens (including phenoxy) is 1. The van der Waals surface area contributed by atoms with E-state index in [-0.39, 0.29) is 32.7 Å². The van der Waals surface area contributed by atoms with E-state index in [1.54, 1.807) is 47.7 Å². The minimum absolute atomic E-state index is 0.0179. The molecule has 14 heteroatoms. The lowest BCUT2D eigenvalue weighted by atomic mass is 9.83. The van der Waals surface area contributed by atoms with Gasteiger partial charge in [0, 0.05) is 48.4 Å². The number of fused-ring (bicyclic) bond motifs is 1. The number of rotatable bonds is 8. The van der Waals surface area contributed by atoms with Gasteiger partial charge in [0.25, 0.3) is 15.9 Å². The molecule has 2 aromatic carbocycles. The number of carbonyl (C=O) groups excluding carboxylic acids is 2. The fourth-order valence-corrected chi connectivity index (χ4v) is 9.12. The van der Waals surface area contributed by atoms with Crippen LogP contribution in [-0.4, -0.2) is 94.2 Å². The van der Waals surface area contributed by atoms with E-state index in [4.69, 9.17) is 21.2 Å². The van der Waals surface area contributed by atoms with Crippen LogP contribution in [0.4, 0.5) is 10.5 Å². The Morgan fingerprint density at radius 1 is 1.02 bits per heavy atom. The number of anilines is 1. The number of halogens is 1. The number of nitrogens with zero attached hydrogens (tertiary/aromatic N) is 4. The van der Waals surface area contributed by atoms with Crippen LogP contribution < -0.4 is 14.4 Å². The van der Waals surface area contributed by atoms with Gasteiger partial charge in [-0.2, -0.15) is 12.7 Å². The van der Waals surface area contributed by atoms with Crippen molar-refractivity contribution in [2.75, 3.05) is 57.2 Å². The van der Waals surface area contributed by atoms with Crippen molar-refractivity contribution in [1.29, 1.82) is 0 Å². The predicted octanol–water partition coefficient (Wildman–Crippen LogP) is 4.13. The Morgan fingerprint density at radius 2 is 1.76 bits per heavy atom. The zero-order valence-corrected chi connectivity index (χ0v) is 27.5. The topological polar surface area (TPSA) is 112 Å². The Bertz CT molecular complexity index is 1660. The van der Waals surface area contributed by atoms with Gasteiger partial charge in [0.1, 0.15) is 9.96 Å². The number of para-hydroxylation sites is 1. The summed E-state index contributed by atoms with van der Waals surface area (Å²) < 4.78 is 34.5. The first-order valence-corrected chi connectivity index (χ1v) is 17.7. The summed E-state index contributed by atoms with van der Waals surface area (Å²) in [6.07, 6.45) is 1.31. The van der Waals surface area contributed by atoms with Gasteiger partial charge in [0.2, 0.25) is 0 Å². The number of piperazine rings is 1. The van der Waals surface area contributed by atoms with Crippen LogP contribution >= 0.6 is 22.9 Å². The summed E-state index contributed by atoms with van der Waals surface area (Å²) >= 11 is 7.45. The second kappa shape index (κ2) is 12.9. The van der Waals surface area contributed by atoms with E-state index >= 15 is 0 Å². The summed E-state index contributed by atoms with van der Waals surface area (Å²) in [5.41, 5.74) is -1.50. The third kappa shape index (κ3) is 5.93. The van der Waals surface area contributed by atoms with Crippen molar-refractivity contribution in [1.82, 2.24) is 20.2 Å². The highest BCUT2D eigenvalue weighted by Crippen LogP contribution is 2.50. The molecule has 1 atom stereocenters. The standard InChI is InChI=1S/C31H36ClN5O6S2/c1-3-42-27-8-5-4-7-24(27)31(33-30(39)43-36-18-16-35(17-19-36)23-12-14-34(2)15-13-23)25-21-22(32)10-11-26(25)37(29(31)38)45(40,41)28-9-6-20-44-28/h4-11,20-21,23H,3,12-19H2,1-2H3,(H,33,39). The molecule has 0 aliphatic carbocycles. The lowest BCUT2D eigenvalue weighted by Gasteiger charge is -2.41. The van der Waals surface area contributed by atoms with Crippen LogP contribution in [0.5, 0.6) is 5.75 Å². The van der Waals surface area contributed by atoms with Gasteiger partial charge in [-0.15, -0.1) is 16.4 Å². The smallest absolute Gasteiger partial charge is 0.427 e. The quantitative estimate of drug-likeness (QED) is 0.377. The maximum Gasteiger partial charge on any atom is 0.427 e. The molecule has 11 nitrogen and oxygen atoms in total. The first kappa shape index (κ1) is 31.8. The second-order valence-corrected chi connectivity index (χ2v) is 14.7. The minimum Gasteiger partial charge on any atom is -0.493 e. The van der Waals surface area contributed by atoms with E-state index in [1.165, 1.54) is 24.3 Å². The molecule has 1 aromatic heterocycles. The Morgan fingerprint density at radius 3 is 2.44 bits per heavy atom. The van der Waals surface area contributed by atoms with Gasteiger partial charge >= 0.3 is 6.09 Å². The highest BCUT2D eigenvalue weighted by atomic mass is 35.5. The number of likely N-dealkylation sites (tertiary alicyclic amines) is 1. The molecule has 2 fully saturated rings. The molecule has 45 heavy (non-hydrogen) atoms. The molecular formula is C31H36ClN5O6S2. The highest BCUT2D eigenvalue weighted by Gasteiger charge is 2.59. The normalized spacial score (nSPS) is 21.9. The molecule has 0 radical (unpaired) electrons. The van der Waals surface area contributed by atoms with Crippen molar-refractivity contribution in [2.45, 2.75) is 35.6 Å². The average Bonchev–Trinajstić information content (AvgIpc) is 3.66. The van der Waals surface area contributed by atoms with Crippen molar-refractivity contribution in [3.63, 3.8) is 0 Å². The van der Waals surface area contributed by atoms with E-state index in [1.807, 2.05) is 0 Å². The summed E-state index contributed by atoms with van der Waals surface area (Å²) in [7, 11) is -2.21. The SMILES string of the molecule is CCOc1ccccc1C1(NC(=O)ON2CCN(C3CCN(C)CC3)CC2)C(=O)N(S(=O)(=O)c2cccs2)c2ccc(Cl)cc21. The summed E-state index contributed by atoms with van der Waals surface area (Å²) in [6, 6.07) is 14.8. The second-order valence-electron chi connectivity index (χ2n) is 11.4. The summed E-state index contributed by atoms with van der Waals surface area (Å²) in [4.78, 5) is 39.1. The largest absolute Gasteiger partial charge is 0.493 e. The number of thiophene rings is 1. The lowest BCUT2D eigenvalue weighted by Crippen LogP contribution is -2.57. The van der Waals surface area contributed by atoms with E-state index in [2.05, 4.69) is 22.2 Å². The number of piperidine rings is 1. The molecule has 1 N–H and O–H groups in total. The van der Waals surface area contributed by atoms with Gasteiger partial charge in [0.05, 0.1) is 12.3 Å². The number of sulfonamides is 1. The highest BCUT2D eigenvalue weighted by molar-refractivity contribution is 7.95. The maximum absolute atomic E-state index is 14.7. The van der Waals surface area contributed by atoms with Crippen LogP contribution in [0.3, 0.4) is 0 Å². The molecule has 0 spiro atoms. The van der Waals surface area contributed by atoms with Gasteiger partial charge in [-0.25, -0.2) is 4.79 Å². The van der Waals surface area contributed by atoms with Gasteiger partial charge < -0.3 is 14.5 Å². The first-order chi connectivity index (χ1) is 21.6. The van der Waals surface area contributed by atoms with Crippen molar-refractivity contribution < 1.29 is 27.6 Å². The number of amides is 2. The third-order valence-electron chi connectivity index (χ3n) is 8.65. The maximum atomic E-state index is 14.7. The Labute approximate surface area is 272 Å². The van der Waals surface area contributed by atoms with Crippen LogP contribution in [0, 0.1) is 0 Å². The molecule has 0 bridgehead atoms. The Hall–Kier alpha value is -3.20. The minimum atomic E-state index is -4.35. The number of benzene rings is 2. The fraction of sp³-hybridized carbons (Fsp3) is 0.419. The first-order valence-electron chi connectivity index (χ1n) is 15.0. The molecule has 2 amide bonds. The Balaban J connectivity index is 1.34. The molecule has 3 aliphatic rings. The average molecular weight is 674 g/mol. The lowest BCUT2D eigenvalue weighted by molar-refractivity contribution is -0.133. The zero-order chi connectivity index (χ0) is 31.8. The Kier molecular flexibility index (Phi) is 9.10. The van der Waals surface area contributed by atoms with Crippen LogP contribution in [0.25, 0.3) is 0 Å². The zero-order valence-electron chi connectivity index (χ0n) is 25.1. The summed E-state index contributed by atoms with van der Waals surface area (Å²) in [5.74, 6) is -0.592. The van der Waals surface area contributed by atoms with Crippen molar-refractivity contribution in [3.8, 4) is 5.75 Å². The van der Waals surface area contributed by atoms with E-state index in [0.29, 0.717) is 24.9 Å². The molecule has 3 aromatic rings. The van der Waals surface area contributed by atoms with E-state index < -0.39 is 27.6 Å². The molecule has 3 aliphatic heterocycles. The molecule has 1 unspecified atom stereocenters. The molecular weight excluding hydrogens is 638 g/mol. The van der Waals surface area contributed by atoms with Gasteiger partial charge in [0.15, 0.2) is 5.54 Å². The van der Waals surface area contributed by atoms with Crippen molar-refractivity contribution in [3.05, 3.63) is 76.1 Å². The van der Waals surface area contributed by atoms with Gasteiger partial charge in [-0.05, 0) is 75.6 Å².